The van der Waals surface area contributed by atoms with E-state index in [1.54, 1.807) is 18.3 Å². The number of amides is 1. The number of nitrogens with zero attached hydrogens (tertiary/aromatic N) is 5. The normalized spacial score (nSPS) is 12.5. The second kappa shape index (κ2) is 9.61. The van der Waals surface area contributed by atoms with Crippen molar-refractivity contribution < 1.29 is 14.4 Å². The largest absolute Gasteiger partial charge is 0.501 e. The van der Waals surface area contributed by atoms with Gasteiger partial charge in [-0.3, -0.25) is 19.1 Å². The van der Waals surface area contributed by atoms with Crippen molar-refractivity contribution in [1.82, 2.24) is 19.7 Å². The Hall–Kier alpha value is -4.78. The Bertz CT molecular complexity index is 1490. The number of aromatic hydroxyl groups is 1. The second-order valence-electron chi connectivity index (χ2n) is 8.09. The summed E-state index contributed by atoms with van der Waals surface area (Å²) in [6, 6.07) is 13.2. The van der Waals surface area contributed by atoms with E-state index in [0.717, 1.165) is 16.8 Å². The lowest BCUT2D eigenvalue weighted by molar-refractivity contribution is 0.101. The number of nitrogens with one attached hydrogen (secondary N) is 1. The zero-order valence-corrected chi connectivity index (χ0v) is 19.3. The second-order valence-corrected chi connectivity index (χ2v) is 8.09. The number of anilines is 1. The number of hydrogen-bond acceptors (Lipinski definition) is 8. The van der Waals surface area contributed by atoms with E-state index >= 15 is 0 Å². The highest BCUT2D eigenvalue weighted by molar-refractivity contribution is 6.04. The minimum atomic E-state index is -0.786. The Kier molecular flexibility index (Phi) is 6.42. The summed E-state index contributed by atoms with van der Waals surface area (Å²) in [6.45, 7) is 3.72. The highest BCUT2D eigenvalue weighted by Crippen LogP contribution is 2.39. The molecule has 10 nitrogen and oxygen atoms in total. The standard InChI is InChI=1S/C25H22N6O4/c1-14-10-16(8-9-27-14)20(19-7-5-4-6-17(19)11-26)15(2)23-30-21(22(32)25(34)31(23)3)24(33)29-18-12-28-35-13-18/h4-10,12-13,15,20,32H,1-3H3,(H,29,33)/t15-,20-/m1/s1. The van der Waals surface area contributed by atoms with Gasteiger partial charge < -0.3 is 14.9 Å². The summed E-state index contributed by atoms with van der Waals surface area (Å²) in [5.41, 5.74) is 1.93. The van der Waals surface area contributed by atoms with Crippen LogP contribution in [-0.2, 0) is 7.05 Å². The maximum atomic E-state index is 12.9. The van der Waals surface area contributed by atoms with Gasteiger partial charge in [-0.1, -0.05) is 30.3 Å². The van der Waals surface area contributed by atoms with Crippen molar-refractivity contribution in [2.24, 2.45) is 7.05 Å². The monoisotopic (exact) mass is 470 g/mol. The molecule has 0 fully saturated rings. The van der Waals surface area contributed by atoms with Crippen LogP contribution in [0.3, 0.4) is 0 Å². The molecule has 1 amide bonds. The molecule has 0 saturated carbocycles. The number of nitriles is 1. The molecule has 0 bridgehead atoms. The summed E-state index contributed by atoms with van der Waals surface area (Å²) in [4.78, 5) is 34.4. The quantitative estimate of drug-likeness (QED) is 0.436. The summed E-state index contributed by atoms with van der Waals surface area (Å²) < 4.78 is 5.92. The lowest BCUT2D eigenvalue weighted by atomic mass is 9.79. The van der Waals surface area contributed by atoms with Crippen LogP contribution in [0.5, 0.6) is 5.75 Å². The van der Waals surface area contributed by atoms with Gasteiger partial charge in [0.15, 0.2) is 5.69 Å². The van der Waals surface area contributed by atoms with E-state index in [9.17, 15) is 20.0 Å². The first kappa shape index (κ1) is 23.4. The van der Waals surface area contributed by atoms with Crippen LogP contribution in [0.1, 0.15) is 57.5 Å². The van der Waals surface area contributed by atoms with Gasteiger partial charge in [-0.2, -0.15) is 5.26 Å². The Morgan fingerprint density at radius 3 is 2.74 bits per heavy atom. The molecule has 176 valence electrons. The lowest BCUT2D eigenvalue weighted by Crippen LogP contribution is -2.29. The van der Waals surface area contributed by atoms with E-state index in [1.165, 1.54) is 24.1 Å². The van der Waals surface area contributed by atoms with Crippen LogP contribution < -0.4 is 10.9 Å². The van der Waals surface area contributed by atoms with E-state index in [2.05, 4.69) is 26.5 Å². The van der Waals surface area contributed by atoms with Gasteiger partial charge in [-0.15, -0.1) is 0 Å². The molecule has 0 aliphatic carbocycles. The molecule has 35 heavy (non-hydrogen) atoms. The zero-order chi connectivity index (χ0) is 25.1. The smallest absolute Gasteiger partial charge is 0.296 e. The Labute approximate surface area is 200 Å². The van der Waals surface area contributed by atoms with E-state index < -0.39 is 34.7 Å². The van der Waals surface area contributed by atoms with Gasteiger partial charge in [-0.25, -0.2) is 4.98 Å². The molecule has 1 aromatic carbocycles. The van der Waals surface area contributed by atoms with Crippen molar-refractivity contribution in [3.05, 3.63) is 99.3 Å². The summed E-state index contributed by atoms with van der Waals surface area (Å²) in [7, 11) is 1.48. The molecule has 4 rings (SSSR count). The average molecular weight is 470 g/mol. The molecule has 3 heterocycles. The van der Waals surface area contributed by atoms with E-state index in [1.807, 2.05) is 38.1 Å². The molecule has 0 radical (unpaired) electrons. The Morgan fingerprint density at radius 1 is 1.29 bits per heavy atom. The van der Waals surface area contributed by atoms with Crippen molar-refractivity contribution in [3.63, 3.8) is 0 Å². The summed E-state index contributed by atoms with van der Waals surface area (Å²) >= 11 is 0. The van der Waals surface area contributed by atoms with E-state index in [4.69, 9.17) is 4.52 Å². The van der Waals surface area contributed by atoms with Gasteiger partial charge in [0.1, 0.15) is 17.8 Å². The molecule has 0 aliphatic heterocycles. The van der Waals surface area contributed by atoms with Crippen LogP contribution in [0.25, 0.3) is 0 Å². The highest BCUT2D eigenvalue weighted by atomic mass is 16.5. The van der Waals surface area contributed by atoms with Gasteiger partial charge in [0.25, 0.3) is 11.5 Å². The number of carbonyl (C=O) groups excluding carboxylic acids is 1. The predicted molar refractivity (Wildman–Crippen MR) is 126 cm³/mol. The summed E-state index contributed by atoms with van der Waals surface area (Å²) in [6.07, 6.45) is 4.17. The molecule has 0 aliphatic rings. The third-order valence-corrected chi connectivity index (χ3v) is 5.81. The molecule has 0 unspecified atom stereocenters. The van der Waals surface area contributed by atoms with Crippen molar-refractivity contribution in [1.29, 1.82) is 5.26 Å². The molecule has 10 heteroatoms. The third-order valence-electron chi connectivity index (χ3n) is 5.81. The number of rotatable bonds is 6. The molecule has 2 N–H and O–H groups in total. The lowest BCUT2D eigenvalue weighted by Gasteiger charge is -2.27. The van der Waals surface area contributed by atoms with Gasteiger partial charge in [0, 0.05) is 30.8 Å². The fourth-order valence-electron chi connectivity index (χ4n) is 4.15. The van der Waals surface area contributed by atoms with Gasteiger partial charge in [0.2, 0.25) is 5.75 Å². The first-order valence-electron chi connectivity index (χ1n) is 10.7. The van der Waals surface area contributed by atoms with Crippen LogP contribution >= 0.6 is 0 Å². The van der Waals surface area contributed by atoms with Crippen molar-refractivity contribution >= 4 is 11.6 Å². The topological polar surface area (TPSA) is 147 Å². The molecule has 0 spiro atoms. The first-order valence-corrected chi connectivity index (χ1v) is 10.7. The molecule has 3 aromatic heterocycles. The summed E-state index contributed by atoms with van der Waals surface area (Å²) in [5, 5.41) is 26.2. The molecular weight excluding hydrogens is 448 g/mol. The number of aromatic nitrogens is 4. The average Bonchev–Trinajstić information content (AvgIpc) is 3.36. The zero-order valence-electron chi connectivity index (χ0n) is 19.3. The number of carbonyl (C=O) groups is 1. The summed E-state index contributed by atoms with van der Waals surface area (Å²) in [5.74, 6) is -2.18. The highest BCUT2D eigenvalue weighted by Gasteiger charge is 2.30. The number of aryl methyl sites for hydroxylation is 1. The predicted octanol–water partition coefficient (Wildman–Crippen LogP) is 3.24. The number of benzene rings is 1. The fourth-order valence-corrected chi connectivity index (χ4v) is 4.15. The van der Waals surface area contributed by atoms with Crippen molar-refractivity contribution in [2.75, 3.05) is 5.32 Å². The van der Waals surface area contributed by atoms with E-state index in [0.29, 0.717) is 5.56 Å². The van der Waals surface area contributed by atoms with Crippen LogP contribution in [0.2, 0.25) is 0 Å². The SMILES string of the molecule is Cc1cc([C@H](c2ccccc2C#N)[C@@H](C)c2nc(C(=O)Nc3cnoc3)c(O)c(=O)n2C)ccn1. The van der Waals surface area contributed by atoms with Crippen molar-refractivity contribution in [3.8, 4) is 11.8 Å². The van der Waals surface area contributed by atoms with Crippen LogP contribution in [0, 0.1) is 18.3 Å². The number of pyridine rings is 1. The van der Waals surface area contributed by atoms with Gasteiger partial charge in [-0.05, 0) is 36.2 Å². The molecule has 2 atom stereocenters. The minimum Gasteiger partial charge on any atom is -0.501 e. The van der Waals surface area contributed by atoms with Crippen LogP contribution in [-0.4, -0.2) is 30.7 Å². The molecule has 4 aromatic rings. The molecular formula is C25H22N6O4. The fraction of sp³-hybridized carbons (Fsp3) is 0.200. The number of hydrogen-bond donors (Lipinski definition) is 2. The van der Waals surface area contributed by atoms with E-state index in [-0.39, 0.29) is 11.5 Å². The van der Waals surface area contributed by atoms with Gasteiger partial charge in [0.05, 0.1) is 17.8 Å². The maximum Gasteiger partial charge on any atom is 0.296 e. The third kappa shape index (κ3) is 4.52. The Balaban J connectivity index is 1.87. The molecule has 0 saturated heterocycles. The van der Waals surface area contributed by atoms with Gasteiger partial charge >= 0.3 is 0 Å². The minimum absolute atomic E-state index is 0.250. The van der Waals surface area contributed by atoms with Crippen molar-refractivity contribution in [2.45, 2.75) is 25.7 Å². The Morgan fingerprint density at radius 2 is 2.06 bits per heavy atom. The first-order chi connectivity index (χ1) is 16.8. The maximum absolute atomic E-state index is 12.9. The van der Waals surface area contributed by atoms with Crippen LogP contribution in [0.4, 0.5) is 5.69 Å². The van der Waals surface area contributed by atoms with Crippen LogP contribution in [0.15, 0.2) is 64.4 Å².